The molecule has 12 N–H and O–H groups in total. The first-order chi connectivity index (χ1) is 57.0. The number of anilines is 1. The van der Waals surface area contributed by atoms with Gasteiger partial charge in [-0.15, -0.1) is 0 Å². The number of rotatable bonds is 50. The number of hydrazine groups is 1. The van der Waals surface area contributed by atoms with E-state index in [1.54, 1.807) is 51.4 Å². The maximum atomic E-state index is 14.8. The van der Waals surface area contributed by atoms with Gasteiger partial charge in [-0.2, -0.15) is 8.42 Å². The van der Waals surface area contributed by atoms with E-state index in [9.17, 15) is 81.7 Å². The molecule has 2 aromatic carbocycles. The van der Waals surface area contributed by atoms with Crippen molar-refractivity contribution in [2.75, 3.05) is 137 Å². The molecule has 40 nitrogen and oxygen atoms in total. The third kappa shape index (κ3) is 25.2. The second-order valence-corrected chi connectivity index (χ2v) is 29.8. The smallest absolute Gasteiger partial charge is 0.355 e. The molecular weight excluding hydrogens is 1590 g/mol. The molecule has 119 heavy (non-hydrogen) atoms. The van der Waals surface area contributed by atoms with Crippen LogP contribution in [0.2, 0.25) is 0 Å². The van der Waals surface area contributed by atoms with Crippen molar-refractivity contribution in [3.8, 4) is 22.9 Å². The van der Waals surface area contributed by atoms with Crippen LogP contribution in [0, 0.1) is 5.92 Å². The molecule has 9 rings (SSSR count). The Labute approximate surface area is 684 Å². The number of carbonyl (C=O) groups is 8. The van der Waals surface area contributed by atoms with E-state index in [-0.39, 0.29) is 121 Å². The molecule has 0 aliphatic carbocycles. The number of aromatic nitrogens is 4. The van der Waals surface area contributed by atoms with E-state index < -0.39 is 147 Å². The van der Waals surface area contributed by atoms with E-state index in [1.165, 1.54) is 30.5 Å². The number of amides is 5. The predicted molar refractivity (Wildman–Crippen MR) is 421 cm³/mol. The first-order valence-electron chi connectivity index (χ1n) is 38.9. The number of carboxylic acid groups (broad SMARTS) is 1. The van der Waals surface area contributed by atoms with E-state index in [1.807, 2.05) is 35.7 Å². The summed E-state index contributed by atoms with van der Waals surface area (Å²) >= 11 is 0. The number of carboxylic acids is 1. The molecule has 1 fully saturated rings. The number of aryl methyl sites for hydroxylation is 2. The van der Waals surface area contributed by atoms with Gasteiger partial charge in [0.2, 0.25) is 41.4 Å². The van der Waals surface area contributed by atoms with Crippen LogP contribution in [-0.4, -0.2) is 291 Å². The van der Waals surface area contributed by atoms with Crippen molar-refractivity contribution in [2.45, 2.75) is 141 Å². The second kappa shape index (κ2) is 44.5. The highest BCUT2D eigenvalue weighted by atomic mass is 32.2. The molecule has 1 unspecified atom stereocenters. The van der Waals surface area contributed by atoms with Gasteiger partial charge in [0.25, 0.3) is 15.7 Å². The Morgan fingerprint density at radius 1 is 0.723 bits per heavy atom. The summed E-state index contributed by atoms with van der Waals surface area (Å²) in [5, 5.41) is 68.6. The summed E-state index contributed by atoms with van der Waals surface area (Å²) in [4.78, 5) is 131. The molecule has 3 aliphatic heterocycles. The van der Waals surface area contributed by atoms with Crippen molar-refractivity contribution in [2.24, 2.45) is 5.92 Å². The van der Waals surface area contributed by atoms with Gasteiger partial charge < -0.3 is 118 Å². The van der Waals surface area contributed by atoms with Crippen molar-refractivity contribution < 1.29 is 134 Å². The third-order valence-electron chi connectivity index (χ3n) is 19.7. The zero-order valence-electron chi connectivity index (χ0n) is 67.1. The highest BCUT2D eigenvalue weighted by molar-refractivity contribution is 7.85. The molecule has 9 atom stereocenters. The summed E-state index contributed by atoms with van der Waals surface area (Å²) in [6, 6.07) is 11.3. The molecule has 652 valence electrons. The van der Waals surface area contributed by atoms with Gasteiger partial charge in [-0.05, 0) is 92.9 Å². The average Bonchev–Trinajstić information content (AvgIpc) is 1.57. The van der Waals surface area contributed by atoms with E-state index >= 15 is 0 Å². The fraction of sp³-hybridized carbons (Fsp3) is 0.551. The molecule has 3 aliphatic rings. The van der Waals surface area contributed by atoms with Crippen LogP contribution in [0.5, 0.6) is 11.5 Å². The fourth-order valence-corrected chi connectivity index (χ4v) is 14.0. The first-order valence-corrected chi connectivity index (χ1v) is 40.5. The van der Waals surface area contributed by atoms with Crippen molar-refractivity contribution in [3.05, 3.63) is 111 Å². The predicted octanol–water partition coefficient (Wildman–Crippen LogP) is 0.0852. The topological polar surface area (TPSA) is 531 Å². The minimum absolute atomic E-state index is 0.00111. The Kier molecular flexibility index (Phi) is 34.8. The molecule has 7 heterocycles. The Hall–Kier alpha value is -9.80. The second-order valence-electron chi connectivity index (χ2n) is 28.3. The maximum Gasteiger partial charge on any atom is 0.355 e. The number of benzene rings is 2. The van der Waals surface area contributed by atoms with Crippen LogP contribution in [0.25, 0.3) is 33.3 Å². The summed E-state index contributed by atoms with van der Waals surface area (Å²) in [5.41, 5.74) is 3.84. The fourth-order valence-electron chi connectivity index (χ4n) is 13.4. The van der Waals surface area contributed by atoms with E-state index in [2.05, 4.69) is 37.0 Å². The lowest BCUT2D eigenvalue weighted by Crippen LogP contribution is -2.61. The summed E-state index contributed by atoms with van der Waals surface area (Å²) in [5.74, 6) is -9.67. The van der Waals surface area contributed by atoms with Gasteiger partial charge in [0.05, 0.1) is 141 Å². The van der Waals surface area contributed by atoms with E-state index in [4.69, 9.17) is 61.8 Å². The van der Waals surface area contributed by atoms with Gasteiger partial charge in [-0.25, -0.2) is 29.4 Å². The number of hydrogen-bond donors (Lipinski definition) is 12. The summed E-state index contributed by atoms with van der Waals surface area (Å²) < 4.78 is 104. The highest BCUT2D eigenvalue weighted by Gasteiger charge is 2.52. The molecular formula is C78H105N11O29S. The maximum absolute atomic E-state index is 14.8. The Bertz CT molecular complexity index is 4700. The Balaban J connectivity index is 0.617. The van der Waals surface area contributed by atoms with Crippen LogP contribution >= 0.6 is 0 Å². The van der Waals surface area contributed by atoms with Gasteiger partial charge in [0.1, 0.15) is 71.5 Å². The number of fused-ring (bicyclic) bond motifs is 6. The first kappa shape index (κ1) is 93.1. The molecule has 0 saturated carbocycles. The lowest BCUT2D eigenvalue weighted by atomic mass is 9.85. The zero-order valence-corrected chi connectivity index (χ0v) is 68.0. The van der Waals surface area contributed by atoms with E-state index in [0.717, 1.165) is 28.8 Å². The van der Waals surface area contributed by atoms with Crippen molar-refractivity contribution >= 4 is 85.2 Å². The lowest BCUT2D eigenvalue weighted by Gasteiger charge is -2.38. The van der Waals surface area contributed by atoms with Crippen molar-refractivity contribution in [1.29, 1.82) is 0 Å². The van der Waals surface area contributed by atoms with Crippen LogP contribution in [0.1, 0.15) is 92.2 Å². The van der Waals surface area contributed by atoms with Gasteiger partial charge in [0, 0.05) is 78.5 Å². The number of nitrogens with one attached hydrogen (secondary N) is 6. The minimum atomic E-state index is -4.64. The molecule has 6 aromatic rings. The summed E-state index contributed by atoms with van der Waals surface area (Å²) in [6.07, 6.45) is -9.10. The minimum Gasteiger partial charge on any atom is -0.508 e. The number of aliphatic hydroxyl groups excluding tert-OH is 3. The van der Waals surface area contributed by atoms with Crippen LogP contribution in [0.4, 0.5) is 5.69 Å². The normalized spacial score (nSPS) is 18.4. The number of pyridine rings is 3. The van der Waals surface area contributed by atoms with E-state index in [0.29, 0.717) is 92.7 Å². The van der Waals surface area contributed by atoms with Crippen LogP contribution in [0.3, 0.4) is 0 Å². The molecule has 1 saturated heterocycles. The standard InChI is InChI=1S/C78H105N11O29S/c1-8-51-53-39-50(90)13-15-57(53)85-64-54(51)42-89-59(64)40-56-55(73(89)99)43-115-77(103)78(56,9-2)118-75(102)52-14-12-48(38-60(52)116-76-67(95)65(93)66(94)68(117-76)74(100)101)83-70(96)46(5)82-72(98)63(45(3)4)86-62(92)17-21-107-23-25-109-27-29-111-31-33-113-35-36-114-34-32-112-30-28-110-26-24-108-22-19-81-71(97)58(44-119(104,105)106)84-61(91)16-20-88-49(41-87(7)79-6)37-47-11-10-18-80-69(47)88/h10-15,18,37-40,45-46,58,63,65-68,76,79,90,93-95H,8-9,16-17,19-36,41-44H2,1-7H3,(H,81,97)(H,82,98)(H,83,96)(H,84,91)(H,86,92)(H,100,101)(H,104,105,106)/t46-,58-,63-,65-,66-,67+,68-,76?,78-/m0/s1. The molecule has 5 amide bonds. The van der Waals surface area contributed by atoms with Gasteiger partial charge in [-0.3, -0.25) is 38.7 Å². The van der Waals surface area contributed by atoms with Crippen molar-refractivity contribution in [3.63, 3.8) is 0 Å². The summed E-state index contributed by atoms with van der Waals surface area (Å²) in [7, 11) is -1.00. The Morgan fingerprint density at radius 2 is 1.34 bits per heavy atom. The monoisotopic (exact) mass is 1690 g/mol. The quantitative estimate of drug-likeness (QED) is 0.0104. The highest BCUT2D eigenvalue weighted by Crippen LogP contribution is 2.44. The van der Waals surface area contributed by atoms with Crippen LogP contribution < -0.4 is 42.3 Å². The van der Waals surface area contributed by atoms with Crippen LogP contribution in [0.15, 0.2) is 71.7 Å². The molecule has 41 heteroatoms. The number of hydrogen-bond acceptors (Lipinski definition) is 31. The number of phenolic OH excluding ortho intramolecular Hbond substituents is 1. The number of phenols is 1. The Morgan fingerprint density at radius 3 is 1.94 bits per heavy atom. The van der Waals surface area contributed by atoms with Gasteiger partial charge in [-0.1, -0.05) is 27.7 Å². The van der Waals surface area contributed by atoms with Crippen molar-refractivity contribution in [1.82, 2.24) is 50.8 Å². The number of cyclic esters (lactones) is 1. The average molecular weight is 1690 g/mol. The number of carbonyl (C=O) groups excluding carboxylic acids is 7. The molecule has 4 aromatic heterocycles. The summed E-state index contributed by atoms with van der Waals surface area (Å²) in [6.45, 7) is 12.3. The SMILES string of the molecule is CCc1c2c(nc3ccc(O)cc13)-c1cc3c(c(=O)n1C2)COC(=O)[C@@]3(CC)OC(=O)c1ccc(NC(=O)[C@H](C)NC(=O)[C@@H](NC(=O)CCOCCOCCOCCOCCOCCOCCOCCOCCNC(=O)[C@H](CS(=O)(=O)O)NC(=O)CCn2c(CN(C)NC)cc3cccnc32)C(C)C)cc1OC1O[C@H](C(=O)O)[C@@H](O)[C@H](O)[C@H]1O. The van der Waals surface area contributed by atoms with Gasteiger partial charge in [0.15, 0.2) is 6.10 Å². The number of nitrogens with zero attached hydrogens (tertiary/aromatic N) is 5. The molecule has 0 radical (unpaired) electrons. The third-order valence-corrected chi connectivity index (χ3v) is 20.4. The number of aliphatic carboxylic acids is 1. The number of aromatic hydroxyl groups is 1. The lowest BCUT2D eigenvalue weighted by molar-refractivity contribution is -0.271. The van der Waals surface area contributed by atoms with Gasteiger partial charge >= 0.3 is 17.9 Å². The number of esters is 2. The largest absolute Gasteiger partial charge is 0.508 e. The number of aliphatic hydroxyl groups is 3. The number of ether oxygens (including phenoxy) is 12. The molecule has 0 spiro atoms. The van der Waals surface area contributed by atoms with Crippen LogP contribution in [-0.2, 0) is 134 Å². The zero-order chi connectivity index (χ0) is 86.1. The molecule has 0 bridgehead atoms.